The molecule has 0 radical (unpaired) electrons. The van der Waals surface area contributed by atoms with E-state index in [2.05, 4.69) is 15.5 Å². The van der Waals surface area contributed by atoms with Crippen LogP contribution in [-0.4, -0.2) is 46.7 Å². The summed E-state index contributed by atoms with van der Waals surface area (Å²) in [6.07, 6.45) is 0.389. The minimum Gasteiger partial charge on any atom is -0.467 e. The van der Waals surface area contributed by atoms with Crippen molar-refractivity contribution >= 4 is 46.7 Å². The van der Waals surface area contributed by atoms with Gasteiger partial charge in [-0.2, -0.15) is 0 Å². The van der Waals surface area contributed by atoms with Gasteiger partial charge in [0.15, 0.2) is 8.68 Å². The van der Waals surface area contributed by atoms with E-state index in [-0.39, 0.29) is 11.7 Å². The highest BCUT2D eigenvalue weighted by atomic mass is 32.2. The Morgan fingerprint density at radius 1 is 1.20 bits per heavy atom. The molecule has 0 aliphatic rings. The average molecular weight is 398 g/mol. The molecule has 1 amide bonds. The first-order chi connectivity index (χ1) is 12.1. The quantitative estimate of drug-likeness (QED) is 0.514. The lowest BCUT2D eigenvalue weighted by Gasteiger charge is -2.16. The zero-order chi connectivity index (χ0) is 18.1. The topological polar surface area (TPSA) is 81.2 Å². The maximum Gasteiger partial charge on any atom is 0.328 e. The number of methoxy groups -OCH3 is 1. The third-order valence-corrected chi connectivity index (χ3v) is 6.16. The van der Waals surface area contributed by atoms with Crippen molar-refractivity contribution in [2.75, 3.05) is 18.6 Å². The molecule has 0 saturated heterocycles. The van der Waals surface area contributed by atoms with E-state index in [1.165, 1.54) is 30.2 Å². The Kier molecular flexibility index (Phi) is 8.23. The van der Waals surface area contributed by atoms with Crippen LogP contribution in [0.15, 0.2) is 39.0 Å². The normalized spacial score (nSPS) is 11.8. The molecule has 0 unspecified atom stereocenters. The summed E-state index contributed by atoms with van der Waals surface area (Å²) in [5.74, 6) is 0.407. The minimum atomic E-state index is -0.707. The second kappa shape index (κ2) is 10.4. The number of hydrogen-bond acceptors (Lipinski definition) is 8. The lowest BCUT2D eigenvalue weighted by Crippen LogP contribution is -2.43. The summed E-state index contributed by atoms with van der Waals surface area (Å²) in [6, 6.07) is 8.79. The van der Waals surface area contributed by atoms with Gasteiger partial charge in [-0.25, -0.2) is 4.79 Å². The van der Waals surface area contributed by atoms with Crippen LogP contribution in [0.5, 0.6) is 0 Å². The van der Waals surface area contributed by atoms with Gasteiger partial charge in [0.05, 0.1) is 12.9 Å². The van der Waals surface area contributed by atoms with E-state index in [1.807, 2.05) is 37.3 Å². The van der Waals surface area contributed by atoms with E-state index in [4.69, 9.17) is 4.74 Å². The number of aromatic nitrogens is 2. The highest BCUT2D eigenvalue weighted by Gasteiger charge is 2.22. The van der Waals surface area contributed by atoms with Crippen LogP contribution < -0.4 is 5.32 Å². The third kappa shape index (κ3) is 6.68. The van der Waals surface area contributed by atoms with Crippen LogP contribution in [0.3, 0.4) is 0 Å². The summed E-state index contributed by atoms with van der Waals surface area (Å²) in [7, 11) is 1.31. The molecular formula is C16H19N3O3S3. The molecule has 0 spiro atoms. The van der Waals surface area contributed by atoms with Gasteiger partial charge in [0.1, 0.15) is 6.04 Å². The summed E-state index contributed by atoms with van der Waals surface area (Å²) >= 11 is 4.39. The Bertz CT molecular complexity index is 694. The van der Waals surface area contributed by atoms with Gasteiger partial charge in [0.25, 0.3) is 0 Å². The lowest BCUT2D eigenvalue weighted by molar-refractivity contribution is -0.144. The molecule has 9 heteroatoms. The van der Waals surface area contributed by atoms with Gasteiger partial charge in [0, 0.05) is 6.42 Å². The van der Waals surface area contributed by atoms with E-state index in [1.54, 1.807) is 11.8 Å². The molecular weight excluding hydrogens is 378 g/mol. The van der Waals surface area contributed by atoms with E-state index < -0.39 is 12.0 Å². The number of amides is 1. The Morgan fingerprint density at radius 3 is 2.52 bits per heavy atom. The monoisotopic (exact) mass is 397 g/mol. The van der Waals surface area contributed by atoms with Crippen molar-refractivity contribution in [2.45, 2.75) is 28.1 Å². The van der Waals surface area contributed by atoms with Crippen LogP contribution in [0.1, 0.15) is 12.5 Å². The van der Waals surface area contributed by atoms with Gasteiger partial charge in [-0.15, -0.1) is 10.2 Å². The number of thioether (sulfide) groups is 2. The molecule has 25 heavy (non-hydrogen) atoms. The maximum absolute atomic E-state index is 12.2. The Labute approximate surface area is 159 Å². The van der Waals surface area contributed by atoms with Gasteiger partial charge >= 0.3 is 5.97 Å². The van der Waals surface area contributed by atoms with E-state index in [0.29, 0.717) is 6.42 Å². The Balaban J connectivity index is 1.88. The molecule has 0 saturated carbocycles. The second-order valence-electron chi connectivity index (χ2n) is 4.89. The first-order valence-electron chi connectivity index (χ1n) is 7.62. The van der Waals surface area contributed by atoms with Crippen molar-refractivity contribution in [2.24, 2.45) is 0 Å². The second-order valence-corrected chi connectivity index (χ2v) is 8.60. The zero-order valence-corrected chi connectivity index (χ0v) is 16.4. The van der Waals surface area contributed by atoms with Gasteiger partial charge in [0.2, 0.25) is 5.91 Å². The van der Waals surface area contributed by atoms with Gasteiger partial charge < -0.3 is 10.1 Å². The number of carbonyl (C=O) groups is 2. The average Bonchev–Trinajstić information content (AvgIpc) is 3.07. The Hall–Kier alpha value is -1.58. The standard InChI is InChI=1S/C16H19N3O3S3/c1-3-23-15-18-19-16(25-15)24-10-13(20)17-12(14(21)22-2)9-11-7-5-4-6-8-11/h4-8,12H,3,9-10H2,1-2H3,(H,17,20)/t12-/m0/s1. The number of carbonyl (C=O) groups excluding carboxylic acids is 2. The number of rotatable bonds is 9. The summed E-state index contributed by atoms with van der Waals surface area (Å²) < 4.78 is 6.43. The molecule has 1 aromatic carbocycles. The summed E-state index contributed by atoms with van der Waals surface area (Å²) in [5.41, 5.74) is 0.955. The smallest absolute Gasteiger partial charge is 0.328 e. The fourth-order valence-electron chi connectivity index (χ4n) is 1.99. The lowest BCUT2D eigenvalue weighted by atomic mass is 10.1. The van der Waals surface area contributed by atoms with E-state index >= 15 is 0 Å². The van der Waals surface area contributed by atoms with Gasteiger partial charge in [-0.1, -0.05) is 72.1 Å². The first-order valence-corrected chi connectivity index (χ1v) is 10.4. The first kappa shape index (κ1) is 19.7. The minimum absolute atomic E-state index is 0.174. The largest absolute Gasteiger partial charge is 0.467 e. The predicted octanol–water partition coefficient (Wildman–Crippen LogP) is 2.64. The molecule has 0 fully saturated rings. The molecule has 0 aliphatic carbocycles. The molecule has 1 aromatic heterocycles. The molecule has 0 aliphatic heterocycles. The zero-order valence-electron chi connectivity index (χ0n) is 13.9. The highest BCUT2D eigenvalue weighted by molar-refractivity contribution is 8.03. The van der Waals surface area contributed by atoms with Crippen molar-refractivity contribution < 1.29 is 14.3 Å². The fourth-order valence-corrected chi connectivity index (χ4v) is 4.71. The van der Waals surface area contributed by atoms with Gasteiger partial charge in [-0.05, 0) is 11.3 Å². The predicted molar refractivity (Wildman–Crippen MR) is 101 cm³/mol. The van der Waals surface area contributed by atoms with Gasteiger partial charge in [-0.3, -0.25) is 4.79 Å². The van der Waals surface area contributed by atoms with Crippen molar-refractivity contribution in [3.05, 3.63) is 35.9 Å². The third-order valence-electron chi connectivity index (χ3n) is 3.09. The van der Waals surface area contributed by atoms with Crippen LogP contribution in [0.25, 0.3) is 0 Å². The molecule has 134 valence electrons. The number of nitrogens with zero attached hydrogens (tertiary/aromatic N) is 2. The molecule has 1 N–H and O–H groups in total. The van der Waals surface area contributed by atoms with Crippen LogP contribution in [0.2, 0.25) is 0 Å². The molecule has 1 atom stereocenters. The fraction of sp³-hybridized carbons (Fsp3) is 0.375. The number of esters is 1. The van der Waals surface area contributed by atoms with Crippen LogP contribution in [0, 0.1) is 0 Å². The van der Waals surface area contributed by atoms with Crippen LogP contribution in [0.4, 0.5) is 0 Å². The van der Waals surface area contributed by atoms with Crippen LogP contribution in [-0.2, 0) is 20.7 Å². The summed E-state index contributed by atoms with van der Waals surface area (Å²) in [6.45, 7) is 2.05. The van der Waals surface area contributed by atoms with E-state index in [9.17, 15) is 9.59 Å². The number of benzene rings is 1. The van der Waals surface area contributed by atoms with E-state index in [0.717, 1.165) is 20.0 Å². The van der Waals surface area contributed by atoms with Crippen molar-refractivity contribution in [3.63, 3.8) is 0 Å². The molecule has 2 rings (SSSR count). The highest BCUT2D eigenvalue weighted by Crippen LogP contribution is 2.28. The van der Waals surface area contributed by atoms with Crippen molar-refractivity contribution in [1.82, 2.24) is 15.5 Å². The van der Waals surface area contributed by atoms with Crippen molar-refractivity contribution in [3.8, 4) is 0 Å². The SMILES string of the molecule is CCSc1nnc(SCC(=O)N[C@@H](Cc2ccccc2)C(=O)OC)s1. The molecule has 2 aromatic rings. The number of hydrogen-bond donors (Lipinski definition) is 1. The van der Waals surface area contributed by atoms with Crippen molar-refractivity contribution in [1.29, 1.82) is 0 Å². The summed E-state index contributed by atoms with van der Waals surface area (Å²) in [4.78, 5) is 24.1. The molecule has 1 heterocycles. The number of nitrogens with one attached hydrogen (secondary N) is 1. The molecule has 6 nitrogen and oxygen atoms in total. The maximum atomic E-state index is 12.2. The van der Waals surface area contributed by atoms with Crippen LogP contribution >= 0.6 is 34.9 Å². The Morgan fingerprint density at radius 2 is 1.88 bits per heavy atom. The number of ether oxygens (including phenoxy) is 1. The summed E-state index contributed by atoms with van der Waals surface area (Å²) in [5, 5.41) is 10.8. The molecule has 0 bridgehead atoms.